The maximum atomic E-state index is 9.26. The van der Waals surface area contributed by atoms with Gasteiger partial charge in [-0.05, 0) is 37.0 Å². The zero-order chi connectivity index (χ0) is 14.3. The minimum Gasteiger partial charge on any atom is -0.395 e. The van der Waals surface area contributed by atoms with E-state index in [9.17, 15) is 5.11 Å². The molecular weight excluding hydrogens is 236 g/mol. The summed E-state index contributed by atoms with van der Waals surface area (Å²) in [6.45, 7) is 7.36. The molecule has 0 radical (unpaired) electrons. The summed E-state index contributed by atoms with van der Waals surface area (Å²) in [6, 6.07) is 9.07. The second-order valence-electron chi connectivity index (χ2n) is 4.99. The van der Waals surface area contributed by atoms with E-state index in [0.29, 0.717) is 12.6 Å². The molecule has 0 aliphatic heterocycles. The molecule has 0 heterocycles. The first kappa shape index (κ1) is 16.0. The Morgan fingerprint density at radius 1 is 1.05 bits per heavy atom. The Morgan fingerprint density at radius 2 is 1.63 bits per heavy atom. The largest absolute Gasteiger partial charge is 0.395 e. The van der Waals surface area contributed by atoms with E-state index in [0.717, 1.165) is 19.3 Å². The molecule has 0 amide bonds. The first-order valence-corrected chi connectivity index (χ1v) is 7.40. The highest BCUT2D eigenvalue weighted by molar-refractivity contribution is 5.49. The minimum absolute atomic E-state index is 0.119. The molecule has 0 spiro atoms. The van der Waals surface area contributed by atoms with Gasteiger partial charge in [0.05, 0.1) is 6.61 Å². The number of aliphatic hydroxyl groups is 1. The summed E-state index contributed by atoms with van der Waals surface area (Å²) < 4.78 is 0. The molecule has 1 atom stereocenters. The van der Waals surface area contributed by atoms with Gasteiger partial charge >= 0.3 is 0 Å². The number of rotatable bonds is 8. The van der Waals surface area contributed by atoms with E-state index in [1.54, 1.807) is 0 Å². The summed E-state index contributed by atoms with van der Waals surface area (Å²) >= 11 is 0. The molecule has 1 rings (SSSR count). The lowest BCUT2D eigenvalue weighted by Crippen LogP contribution is -2.36. The van der Waals surface area contributed by atoms with Crippen molar-refractivity contribution < 1.29 is 5.11 Å². The summed E-state index contributed by atoms with van der Waals surface area (Å²) in [5.74, 6) is 0. The highest BCUT2D eigenvalue weighted by atomic mass is 16.3. The number of hydrogen-bond donors (Lipinski definition) is 2. The summed E-state index contributed by atoms with van der Waals surface area (Å²) in [6.07, 6.45) is 3.13. The normalized spacial score (nSPS) is 12.7. The van der Waals surface area contributed by atoms with Crippen LogP contribution in [0.2, 0.25) is 0 Å². The Morgan fingerprint density at radius 3 is 2.05 bits per heavy atom. The van der Waals surface area contributed by atoms with Gasteiger partial charge in [0.25, 0.3) is 0 Å². The fourth-order valence-corrected chi connectivity index (χ4v) is 2.51. The van der Waals surface area contributed by atoms with Crippen LogP contribution in [-0.2, 0) is 0 Å². The number of benzene rings is 1. The van der Waals surface area contributed by atoms with Crippen LogP contribution in [-0.4, -0.2) is 24.3 Å². The van der Waals surface area contributed by atoms with Crippen molar-refractivity contribution in [1.29, 1.82) is 0 Å². The first-order valence-electron chi connectivity index (χ1n) is 7.40. The number of nitrogens with zero attached hydrogens (tertiary/aromatic N) is 1. The van der Waals surface area contributed by atoms with Crippen LogP contribution >= 0.6 is 0 Å². The Bertz CT molecular complexity index is 346. The Kier molecular flexibility index (Phi) is 6.89. The zero-order valence-corrected chi connectivity index (χ0v) is 12.5. The van der Waals surface area contributed by atoms with E-state index in [1.165, 1.54) is 11.3 Å². The predicted octanol–water partition coefficient (Wildman–Crippen LogP) is 3.08. The van der Waals surface area contributed by atoms with Crippen LogP contribution in [0.15, 0.2) is 24.3 Å². The lowest BCUT2D eigenvalue weighted by Gasteiger charge is -2.32. The highest BCUT2D eigenvalue weighted by Crippen LogP contribution is 2.23. The van der Waals surface area contributed by atoms with Crippen LogP contribution < -0.4 is 10.6 Å². The van der Waals surface area contributed by atoms with Crippen molar-refractivity contribution in [2.45, 2.75) is 52.1 Å². The van der Waals surface area contributed by atoms with Gasteiger partial charge in [-0.1, -0.05) is 32.9 Å². The van der Waals surface area contributed by atoms with Crippen LogP contribution in [0.5, 0.6) is 0 Å². The SMILES string of the molecule is CCC(N)c1ccc(N(CCO)C(CC)CC)cc1. The third kappa shape index (κ3) is 4.22. The van der Waals surface area contributed by atoms with Crippen LogP contribution in [0.3, 0.4) is 0 Å². The standard InChI is InChI=1S/C16H28N2O/c1-4-14(5-2)18(11-12-19)15-9-7-13(8-10-15)16(17)6-3/h7-10,14,16,19H,4-6,11-12,17H2,1-3H3. The smallest absolute Gasteiger partial charge is 0.0606 e. The maximum Gasteiger partial charge on any atom is 0.0606 e. The van der Waals surface area contributed by atoms with E-state index >= 15 is 0 Å². The summed E-state index contributed by atoms with van der Waals surface area (Å²) in [5, 5.41) is 9.26. The number of hydrogen-bond acceptors (Lipinski definition) is 3. The predicted molar refractivity (Wildman–Crippen MR) is 82.5 cm³/mol. The fraction of sp³-hybridized carbons (Fsp3) is 0.625. The molecule has 1 aromatic rings. The van der Waals surface area contributed by atoms with Crippen molar-refractivity contribution in [3.05, 3.63) is 29.8 Å². The molecule has 3 heteroatoms. The third-order valence-corrected chi connectivity index (χ3v) is 3.82. The third-order valence-electron chi connectivity index (χ3n) is 3.82. The van der Waals surface area contributed by atoms with E-state index in [-0.39, 0.29) is 12.6 Å². The van der Waals surface area contributed by atoms with E-state index in [1.807, 2.05) is 0 Å². The van der Waals surface area contributed by atoms with Gasteiger partial charge in [0.15, 0.2) is 0 Å². The van der Waals surface area contributed by atoms with Gasteiger partial charge in [0, 0.05) is 24.3 Å². The van der Waals surface area contributed by atoms with Crippen molar-refractivity contribution in [3.63, 3.8) is 0 Å². The van der Waals surface area contributed by atoms with Crippen molar-refractivity contribution >= 4 is 5.69 Å². The van der Waals surface area contributed by atoms with Gasteiger partial charge in [-0.2, -0.15) is 0 Å². The number of anilines is 1. The molecule has 0 saturated carbocycles. The quantitative estimate of drug-likeness (QED) is 0.758. The molecule has 0 aliphatic rings. The molecule has 0 aliphatic carbocycles. The Hall–Kier alpha value is -1.06. The number of aliphatic hydroxyl groups excluding tert-OH is 1. The van der Waals surface area contributed by atoms with Crippen LogP contribution in [0.1, 0.15) is 51.6 Å². The fourth-order valence-electron chi connectivity index (χ4n) is 2.51. The van der Waals surface area contributed by atoms with Gasteiger partial charge < -0.3 is 15.7 Å². The highest BCUT2D eigenvalue weighted by Gasteiger charge is 2.15. The van der Waals surface area contributed by atoms with E-state index < -0.39 is 0 Å². The van der Waals surface area contributed by atoms with Gasteiger partial charge in [-0.3, -0.25) is 0 Å². The maximum absolute atomic E-state index is 9.26. The van der Waals surface area contributed by atoms with Gasteiger partial charge in [-0.25, -0.2) is 0 Å². The Labute approximate surface area is 117 Å². The van der Waals surface area contributed by atoms with Gasteiger partial charge in [0.2, 0.25) is 0 Å². The van der Waals surface area contributed by atoms with Gasteiger partial charge in [0.1, 0.15) is 0 Å². The second kappa shape index (κ2) is 8.18. The zero-order valence-electron chi connectivity index (χ0n) is 12.5. The monoisotopic (exact) mass is 264 g/mol. The van der Waals surface area contributed by atoms with Crippen LogP contribution in [0.25, 0.3) is 0 Å². The minimum atomic E-state index is 0.119. The average molecular weight is 264 g/mol. The first-order chi connectivity index (χ1) is 9.17. The molecular formula is C16H28N2O. The number of nitrogens with two attached hydrogens (primary N) is 1. The molecule has 1 unspecified atom stereocenters. The Balaban J connectivity index is 2.90. The lowest BCUT2D eigenvalue weighted by atomic mass is 10.0. The van der Waals surface area contributed by atoms with Gasteiger partial charge in [-0.15, -0.1) is 0 Å². The van der Waals surface area contributed by atoms with Crippen molar-refractivity contribution in [2.24, 2.45) is 5.73 Å². The van der Waals surface area contributed by atoms with Crippen LogP contribution in [0, 0.1) is 0 Å². The molecule has 108 valence electrons. The molecule has 0 fully saturated rings. The topological polar surface area (TPSA) is 49.5 Å². The molecule has 0 bridgehead atoms. The van der Waals surface area contributed by atoms with Crippen molar-refractivity contribution in [1.82, 2.24) is 0 Å². The van der Waals surface area contributed by atoms with Crippen molar-refractivity contribution in [2.75, 3.05) is 18.1 Å². The molecule has 0 saturated heterocycles. The molecule has 3 N–H and O–H groups in total. The second-order valence-corrected chi connectivity index (χ2v) is 4.99. The van der Waals surface area contributed by atoms with E-state index in [2.05, 4.69) is 49.9 Å². The molecule has 1 aromatic carbocycles. The van der Waals surface area contributed by atoms with Crippen LogP contribution in [0.4, 0.5) is 5.69 Å². The van der Waals surface area contributed by atoms with Crippen molar-refractivity contribution in [3.8, 4) is 0 Å². The summed E-state index contributed by atoms with van der Waals surface area (Å²) in [4.78, 5) is 2.29. The average Bonchev–Trinajstić information content (AvgIpc) is 2.47. The molecule has 19 heavy (non-hydrogen) atoms. The summed E-state index contributed by atoms with van der Waals surface area (Å²) in [5.41, 5.74) is 8.39. The summed E-state index contributed by atoms with van der Waals surface area (Å²) in [7, 11) is 0. The molecule has 3 nitrogen and oxygen atoms in total. The lowest BCUT2D eigenvalue weighted by molar-refractivity contribution is 0.296. The molecule has 0 aromatic heterocycles. The van der Waals surface area contributed by atoms with E-state index in [4.69, 9.17) is 5.73 Å².